The number of para-hydroxylation sites is 1. The summed E-state index contributed by atoms with van der Waals surface area (Å²) < 4.78 is 19.3. The van der Waals surface area contributed by atoms with Crippen molar-refractivity contribution in [3.63, 3.8) is 0 Å². The molecule has 1 heterocycles. The van der Waals surface area contributed by atoms with Crippen molar-refractivity contribution in [2.24, 2.45) is 0 Å². The van der Waals surface area contributed by atoms with Crippen LogP contribution in [0.15, 0.2) is 18.2 Å². The molecule has 2 rings (SSSR count). The summed E-state index contributed by atoms with van der Waals surface area (Å²) in [5, 5.41) is 9.76. The van der Waals surface area contributed by atoms with Crippen molar-refractivity contribution < 1.29 is 14.2 Å². The second kappa shape index (κ2) is 4.76. The zero-order valence-corrected chi connectivity index (χ0v) is 12.0. The predicted molar refractivity (Wildman–Crippen MR) is 72.6 cm³/mol. The Balaban J connectivity index is 2.16. The highest BCUT2D eigenvalue weighted by Gasteiger charge is 2.38. The molecule has 0 atom stereocenters. The van der Waals surface area contributed by atoms with Gasteiger partial charge in [0.2, 0.25) is 0 Å². The average molecular weight is 267 g/mol. The first-order chi connectivity index (χ1) is 8.69. The van der Waals surface area contributed by atoms with Gasteiger partial charge in [0.05, 0.1) is 11.2 Å². The van der Waals surface area contributed by atoms with Crippen LogP contribution < -0.4 is 0 Å². The van der Waals surface area contributed by atoms with E-state index in [1.54, 1.807) is 12.1 Å². The number of aromatic hydroxyl groups is 1. The molecule has 0 bridgehead atoms. The smallest absolute Gasteiger partial charge is 0.165 e. The van der Waals surface area contributed by atoms with E-state index in [1.165, 1.54) is 6.07 Å². The number of halogens is 1. The number of hydrogen-bond acceptors (Lipinski definition) is 3. The van der Waals surface area contributed by atoms with Gasteiger partial charge < -0.3 is 9.84 Å². The fraction of sp³-hybridized carbons (Fsp3) is 0.600. The fourth-order valence-corrected chi connectivity index (χ4v) is 2.99. The first kappa shape index (κ1) is 14.3. The molecular formula is C15H22FNO2. The molecule has 0 amide bonds. The van der Waals surface area contributed by atoms with E-state index in [4.69, 9.17) is 4.74 Å². The van der Waals surface area contributed by atoms with Crippen molar-refractivity contribution in [2.45, 2.75) is 45.4 Å². The topological polar surface area (TPSA) is 32.7 Å². The van der Waals surface area contributed by atoms with Crippen molar-refractivity contribution in [2.75, 3.05) is 13.1 Å². The highest BCUT2D eigenvalue weighted by atomic mass is 19.1. The molecule has 0 saturated carbocycles. The van der Waals surface area contributed by atoms with Gasteiger partial charge in [-0.1, -0.05) is 12.1 Å². The molecule has 4 heteroatoms. The summed E-state index contributed by atoms with van der Waals surface area (Å²) >= 11 is 0. The minimum Gasteiger partial charge on any atom is -0.505 e. The highest BCUT2D eigenvalue weighted by molar-refractivity contribution is 5.33. The normalized spacial score (nSPS) is 22.4. The highest BCUT2D eigenvalue weighted by Crippen LogP contribution is 2.30. The molecule has 0 aromatic heterocycles. The van der Waals surface area contributed by atoms with Gasteiger partial charge in [-0.25, -0.2) is 4.39 Å². The number of ether oxygens (including phenoxy) is 1. The lowest BCUT2D eigenvalue weighted by Crippen LogP contribution is -2.56. The van der Waals surface area contributed by atoms with Crippen LogP contribution in [0, 0.1) is 5.82 Å². The standard InChI is InChI=1S/C15H22FNO2/c1-14(2)9-17(10-15(3,4)19-14)8-11-6-5-7-12(16)13(11)18/h5-7,18H,8-10H2,1-4H3. The maximum Gasteiger partial charge on any atom is 0.165 e. The molecule has 1 fully saturated rings. The largest absolute Gasteiger partial charge is 0.505 e. The van der Waals surface area contributed by atoms with E-state index in [9.17, 15) is 9.50 Å². The number of nitrogens with zero attached hydrogens (tertiary/aromatic N) is 1. The Morgan fingerprint density at radius 1 is 1.21 bits per heavy atom. The third-order valence-corrected chi connectivity index (χ3v) is 3.23. The lowest BCUT2D eigenvalue weighted by molar-refractivity contribution is -0.182. The number of hydrogen-bond donors (Lipinski definition) is 1. The molecule has 0 radical (unpaired) electrons. The van der Waals surface area contributed by atoms with E-state index in [0.717, 1.165) is 13.1 Å². The molecule has 3 nitrogen and oxygen atoms in total. The first-order valence-electron chi connectivity index (χ1n) is 6.57. The van der Waals surface area contributed by atoms with Gasteiger partial charge in [-0.2, -0.15) is 0 Å². The number of phenols is 1. The van der Waals surface area contributed by atoms with Gasteiger partial charge in [0.15, 0.2) is 11.6 Å². The van der Waals surface area contributed by atoms with Crippen LogP contribution >= 0.6 is 0 Å². The van der Waals surface area contributed by atoms with Crippen LogP contribution in [0.4, 0.5) is 4.39 Å². The summed E-state index contributed by atoms with van der Waals surface area (Å²) in [4.78, 5) is 2.19. The SMILES string of the molecule is CC1(C)CN(Cc2cccc(F)c2O)CC(C)(C)O1. The van der Waals surface area contributed by atoms with Crippen LogP contribution in [0.5, 0.6) is 5.75 Å². The van der Waals surface area contributed by atoms with E-state index in [1.807, 2.05) is 27.7 Å². The summed E-state index contributed by atoms with van der Waals surface area (Å²) in [6, 6.07) is 4.65. The Morgan fingerprint density at radius 3 is 2.37 bits per heavy atom. The maximum atomic E-state index is 13.3. The Kier molecular flexibility index (Phi) is 3.58. The zero-order chi connectivity index (χ0) is 14.3. The molecule has 1 aromatic rings. The minimum absolute atomic E-state index is 0.245. The molecule has 0 aliphatic carbocycles. The van der Waals surface area contributed by atoms with Crippen molar-refractivity contribution in [3.8, 4) is 5.75 Å². The molecule has 1 N–H and O–H groups in total. The van der Waals surface area contributed by atoms with Crippen LogP contribution in [0.2, 0.25) is 0 Å². The van der Waals surface area contributed by atoms with Gasteiger partial charge in [0.25, 0.3) is 0 Å². The van der Waals surface area contributed by atoms with E-state index in [0.29, 0.717) is 12.1 Å². The lowest BCUT2D eigenvalue weighted by Gasteiger charge is -2.47. The summed E-state index contributed by atoms with van der Waals surface area (Å²) in [5.74, 6) is -0.811. The number of benzene rings is 1. The van der Waals surface area contributed by atoms with Crippen LogP contribution in [-0.4, -0.2) is 34.3 Å². The van der Waals surface area contributed by atoms with Crippen LogP contribution in [0.1, 0.15) is 33.3 Å². The van der Waals surface area contributed by atoms with Crippen LogP contribution in [-0.2, 0) is 11.3 Å². The third kappa shape index (κ3) is 3.45. The Labute approximate surface area is 114 Å². The fourth-order valence-electron chi connectivity index (χ4n) is 2.99. The summed E-state index contributed by atoms with van der Waals surface area (Å²) in [6.45, 7) is 10.2. The molecule has 1 aliphatic heterocycles. The Morgan fingerprint density at radius 2 is 1.79 bits per heavy atom. The van der Waals surface area contributed by atoms with Crippen LogP contribution in [0.25, 0.3) is 0 Å². The first-order valence-corrected chi connectivity index (χ1v) is 6.57. The molecule has 1 aliphatic rings. The number of rotatable bonds is 2. The number of phenolic OH excluding ortho intramolecular Hbond substituents is 1. The van der Waals surface area contributed by atoms with Gasteiger partial charge in [-0.15, -0.1) is 0 Å². The average Bonchev–Trinajstić information content (AvgIpc) is 2.20. The van der Waals surface area contributed by atoms with Crippen molar-refractivity contribution in [1.82, 2.24) is 4.90 Å². The second-order valence-corrected chi connectivity index (χ2v) is 6.51. The number of morpholine rings is 1. The quantitative estimate of drug-likeness (QED) is 0.894. The predicted octanol–water partition coefficient (Wildman–Crippen LogP) is 2.92. The molecule has 19 heavy (non-hydrogen) atoms. The van der Waals surface area contributed by atoms with E-state index < -0.39 is 5.82 Å². The maximum absolute atomic E-state index is 13.3. The van der Waals surface area contributed by atoms with Gasteiger partial charge in [-0.05, 0) is 33.8 Å². The molecule has 0 unspecified atom stereocenters. The molecule has 106 valence electrons. The van der Waals surface area contributed by atoms with Crippen molar-refractivity contribution >= 4 is 0 Å². The van der Waals surface area contributed by atoms with E-state index in [-0.39, 0.29) is 17.0 Å². The molecule has 0 spiro atoms. The van der Waals surface area contributed by atoms with E-state index in [2.05, 4.69) is 4.90 Å². The summed E-state index contributed by atoms with van der Waals surface area (Å²) in [7, 11) is 0. The van der Waals surface area contributed by atoms with Gasteiger partial charge in [0.1, 0.15) is 0 Å². The Bertz CT molecular complexity index is 455. The molecule has 1 aromatic carbocycles. The summed E-state index contributed by atoms with van der Waals surface area (Å²) in [6.07, 6.45) is 0. The summed E-state index contributed by atoms with van der Waals surface area (Å²) in [5.41, 5.74) is 0.128. The Hall–Kier alpha value is -1.13. The monoisotopic (exact) mass is 267 g/mol. The minimum atomic E-state index is -0.565. The molecule has 1 saturated heterocycles. The molecular weight excluding hydrogens is 245 g/mol. The zero-order valence-electron chi connectivity index (χ0n) is 12.0. The van der Waals surface area contributed by atoms with Crippen molar-refractivity contribution in [3.05, 3.63) is 29.6 Å². The third-order valence-electron chi connectivity index (χ3n) is 3.23. The second-order valence-electron chi connectivity index (χ2n) is 6.51. The van der Waals surface area contributed by atoms with Gasteiger partial charge in [0, 0.05) is 25.2 Å². The van der Waals surface area contributed by atoms with E-state index >= 15 is 0 Å². The lowest BCUT2D eigenvalue weighted by atomic mass is 9.98. The van der Waals surface area contributed by atoms with Gasteiger partial charge >= 0.3 is 0 Å². The van der Waals surface area contributed by atoms with Gasteiger partial charge in [-0.3, -0.25) is 4.90 Å². The van der Waals surface area contributed by atoms with Crippen LogP contribution in [0.3, 0.4) is 0 Å². The van der Waals surface area contributed by atoms with Crippen molar-refractivity contribution in [1.29, 1.82) is 0 Å².